The molecule has 0 radical (unpaired) electrons. The number of anilines is 3. The predicted octanol–water partition coefficient (Wildman–Crippen LogP) is 13.3. The quantitative estimate of drug-likeness (QED) is 0.175. The molecule has 0 aliphatic rings. The van der Waals surface area contributed by atoms with Gasteiger partial charge in [-0.05, 0) is 107 Å². The second-order valence-corrected chi connectivity index (χ2v) is 11.7. The van der Waals surface area contributed by atoms with Crippen molar-refractivity contribution in [2.75, 3.05) is 4.90 Å². The number of aryl methyl sites for hydroxylation is 1. The zero-order valence-corrected chi connectivity index (χ0v) is 28.0. The SMILES string of the molecule is CC.Cc1ccc2oc(-c3ccc(-c4ccccc4-c4ccccc4-c4ccc(N(c5ccccc5)c5ccccc5)cc4)cc3)nc2c1. The van der Waals surface area contributed by atoms with Crippen molar-refractivity contribution < 1.29 is 4.42 Å². The Balaban J connectivity index is 0.00000186. The van der Waals surface area contributed by atoms with Crippen molar-refractivity contribution in [2.24, 2.45) is 0 Å². The van der Waals surface area contributed by atoms with Gasteiger partial charge in [0.15, 0.2) is 5.58 Å². The number of oxazole rings is 1. The summed E-state index contributed by atoms with van der Waals surface area (Å²) in [4.78, 5) is 7.03. The van der Waals surface area contributed by atoms with E-state index >= 15 is 0 Å². The molecule has 0 bridgehead atoms. The van der Waals surface area contributed by atoms with Crippen molar-refractivity contribution in [3.05, 3.63) is 181 Å². The van der Waals surface area contributed by atoms with E-state index in [0.717, 1.165) is 39.3 Å². The molecule has 1 heterocycles. The van der Waals surface area contributed by atoms with Crippen molar-refractivity contribution in [2.45, 2.75) is 20.8 Å². The number of para-hydroxylation sites is 2. The van der Waals surface area contributed by atoms with Crippen LogP contribution in [-0.4, -0.2) is 4.98 Å². The molecule has 7 aromatic carbocycles. The summed E-state index contributed by atoms with van der Waals surface area (Å²) >= 11 is 0. The van der Waals surface area contributed by atoms with Crippen LogP contribution in [0.5, 0.6) is 0 Å². The van der Waals surface area contributed by atoms with E-state index in [4.69, 9.17) is 9.40 Å². The van der Waals surface area contributed by atoms with Crippen LogP contribution in [0.1, 0.15) is 19.4 Å². The van der Waals surface area contributed by atoms with Gasteiger partial charge in [-0.3, -0.25) is 0 Å². The van der Waals surface area contributed by atoms with Crippen LogP contribution in [0.3, 0.4) is 0 Å². The second-order valence-electron chi connectivity index (χ2n) is 11.7. The maximum Gasteiger partial charge on any atom is 0.227 e. The van der Waals surface area contributed by atoms with Crippen LogP contribution < -0.4 is 4.90 Å². The molecule has 0 saturated heterocycles. The molecular weight excluding hydrogens is 597 g/mol. The normalized spacial score (nSPS) is 10.8. The van der Waals surface area contributed by atoms with Crippen LogP contribution in [0.15, 0.2) is 180 Å². The number of hydrogen-bond acceptors (Lipinski definition) is 3. The Labute approximate surface area is 288 Å². The fraction of sp³-hybridized carbons (Fsp3) is 0.0652. The lowest BCUT2D eigenvalue weighted by Crippen LogP contribution is -2.09. The van der Waals surface area contributed by atoms with Crippen molar-refractivity contribution in [3.8, 4) is 44.8 Å². The molecular formula is C46H38N2O. The molecule has 0 unspecified atom stereocenters. The third-order valence-electron chi connectivity index (χ3n) is 8.60. The third-order valence-corrected chi connectivity index (χ3v) is 8.60. The summed E-state index contributed by atoms with van der Waals surface area (Å²) in [6, 6.07) is 61.8. The van der Waals surface area contributed by atoms with E-state index in [1.807, 2.05) is 26.0 Å². The largest absolute Gasteiger partial charge is 0.436 e. The number of aromatic nitrogens is 1. The first-order valence-electron chi connectivity index (χ1n) is 16.9. The van der Waals surface area contributed by atoms with Gasteiger partial charge in [-0.2, -0.15) is 0 Å². The summed E-state index contributed by atoms with van der Waals surface area (Å²) < 4.78 is 6.07. The van der Waals surface area contributed by atoms with E-state index in [1.54, 1.807) is 0 Å². The van der Waals surface area contributed by atoms with Gasteiger partial charge >= 0.3 is 0 Å². The monoisotopic (exact) mass is 634 g/mol. The second kappa shape index (κ2) is 14.3. The molecule has 1 aromatic heterocycles. The van der Waals surface area contributed by atoms with E-state index in [0.29, 0.717) is 5.89 Å². The van der Waals surface area contributed by atoms with Gasteiger partial charge in [0.05, 0.1) is 0 Å². The zero-order chi connectivity index (χ0) is 33.6. The Morgan fingerprint density at radius 1 is 0.429 bits per heavy atom. The lowest BCUT2D eigenvalue weighted by atomic mass is 9.89. The highest BCUT2D eigenvalue weighted by atomic mass is 16.3. The summed E-state index contributed by atoms with van der Waals surface area (Å²) in [6.45, 7) is 6.07. The first-order chi connectivity index (χ1) is 24.2. The Morgan fingerprint density at radius 2 is 0.857 bits per heavy atom. The maximum atomic E-state index is 6.07. The fourth-order valence-electron chi connectivity index (χ4n) is 6.28. The average molecular weight is 635 g/mol. The first kappa shape index (κ1) is 31.4. The number of benzene rings is 7. The number of fused-ring (bicyclic) bond motifs is 1. The molecule has 238 valence electrons. The lowest BCUT2D eigenvalue weighted by Gasteiger charge is -2.25. The van der Waals surface area contributed by atoms with E-state index in [2.05, 4.69) is 176 Å². The predicted molar refractivity (Wildman–Crippen MR) is 207 cm³/mol. The lowest BCUT2D eigenvalue weighted by molar-refractivity contribution is 0.620. The van der Waals surface area contributed by atoms with Crippen LogP contribution >= 0.6 is 0 Å². The van der Waals surface area contributed by atoms with Gasteiger partial charge in [-0.25, -0.2) is 4.98 Å². The van der Waals surface area contributed by atoms with Crippen molar-refractivity contribution >= 4 is 28.2 Å². The number of rotatable bonds is 7. The molecule has 0 saturated carbocycles. The molecule has 49 heavy (non-hydrogen) atoms. The molecule has 0 amide bonds. The highest BCUT2D eigenvalue weighted by Crippen LogP contribution is 2.40. The van der Waals surface area contributed by atoms with Gasteiger partial charge < -0.3 is 9.32 Å². The topological polar surface area (TPSA) is 29.3 Å². The summed E-state index contributed by atoms with van der Waals surface area (Å²) in [5.41, 5.74) is 14.2. The van der Waals surface area contributed by atoms with E-state index < -0.39 is 0 Å². The van der Waals surface area contributed by atoms with Crippen molar-refractivity contribution in [1.29, 1.82) is 0 Å². The van der Waals surface area contributed by atoms with Gasteiger partial charge in [0.25, 0.3) is 0 Å². The molecule has 0 atom stereocenters. The Kier molecular flexibility index (Phi) is 9.16. The Morgan fingerprint density at radius 3 is 1.39 bits per heavy atom. The van der Waals surface area contributed by atoms with E-state index in [-0.39, 0.29) is 0 Å². The van der Waals surface area contributed by atoms with Crippen LogP contribution in [0.2, 0.25) is 0 Å². The highest BCUT2D eigenvalue weighted by Gasteiger charge is 2.16. The van der Waals surface area contributed by atoms with Crippen molar-refractivity contribution in [1.82, 2.24) is 4.98 Å². The van der Waals surface area contributed by atoms with Crippen LogP contribution in [0.4, 0.5) is 17.1 Å². The van der Waals surface area contributed by atoms with Gasteiger partial charge in [0, 0.05) is 22.6 Å². The fourth-order valence-corrected chi connectivity index (χ4v) is 6.28. The maximum absolute atomic E-state index is 6.07. The molecule has 0 N–H and O–H groups in total. The minimum atomic E-state index is 0.636. The average Bonchev–Trinajstić information content (AvgIpc) is 3.60. The van der Waals surface area contributed by atoms with Gasteiger partial charge in [-0.1, -0.05) is 129 Å². The van der Waals surface area contributed by atoms with Gasteiger partial charge in [0.2, 0.25) is 5.89 Å². The molecule has 0 aliphatic carbocycles. The van der Waals surface area contributed by atoms with Crippen LogP contribution in [0, 0.1) is 6.92 Å². The number of nitrogens with zero attached hydrogens (tertiary/aromatic N) is 2. The molecule has 0 spiro atoms. The van der Waals surface area contributed by atoms with E-state index in [1.165, 1.54) is 33.4 Å². The smallest absolute Gasteiger partial charge is 0.227 e. The van der Waals surface area contributed by atoms with E-state index in [9.17, 15) is 0 Å². The third kappa shape index (κ3) is 6.52. The summed E-state index contributed by atoms with van der Waals surface area (Å²) in [5, 5.41) is 0. The first-order valence-corrected chi connectivity index (χ1v) is 16.9. The molecule has 3 nitrogen and oxygen atoms in total. The Hall–Kier alpha value is -6.19. The molecule has 0 fully saturated rings. The van der Waals surface area contributed by atoms with Gasteiger partial charge in [0.1, 0.15) is 5.52 Å². The molecule has 0 aliphatic heterocycles. The number of hydrogen-bond donors (Lipinski definition) is 0. The summed E-state index contributed by atoms with van der Waals surface area (Å²) in [6.07, 6.45) is 0. The molecule has 8 rings (SSSR count). The minimum absolute atomic E-state index is 0.636. The molecule has 3 heteroatoms. The van der Waals surface area contributed by atoms with Crippen molar-refractivity contribution in [3.63, 3.8) is 0 Å². The van der Waals surface area contributed by atoms with Crippen LogP contribution in [0.25, 0.3) is 55.9 Å². The van der Waals surface area contributed by atoms with Crippen LogP contribution in [-0.2, 0) is 0 Å². The minimum Gasteiger partial charge on any atom is -0.436 e. The highest BCUT2D eigenvalue weighted by molar-refractivity contribution is 5.92. The summed E-state index contributed by atoms with van der Waals surface area (Å²) in [7, 11) is 0. The summed E-state index contributed by atoms with van der Waals surface area (Å²) in [5.74, 6) is 0.636. The zero-order valence-electron chi connectivity index (χ0n) is 28.0. The standard InChI is InChI=1S/C44H32N2O.C2H6/c1-31-20-29-43-42(30-31)45-44(47-43)34-23-21-32(22-24-34)38-16-8-10-18-40(38)41-19-11-9-17-39(41)33-25-27-37(28-26-33)46(35-12-4-2-5-13-35)36-14-6-3-7-15-36;1-2/h2-30H,1H3;1-2H3. The molecule has 8 aromatic rings. The van der Waals surface area contributed by atoms with Gasteiger partial charge in [-0.15, -0.1) is 0 Å². The Bertz CT molecular complexity index is 2250.